The Hall–Kier alpha value is -0.120. The number of rotatable bonds is 2. The molecule has 2 rings (SSSR count). The van der Waals surface area contributed by atoms with Crippen LogP contribution in [0.25, 0.3) is 0 Å². The van der Waals surface area contributed by atoms with Gasteiger partial charge in [-0.25, -0.2) is 0 Å². The molecule has 0 aliphatic carbocycles. The highest BCUT2D eigenvalue weighted by molar-refractivity contribution is 4.95. The van der Waals surface area contributed by atoms with Crippen molar-refractivity contribution in [2.24, 2.45) is 0 Å². The lowest BCUT2D eigenvalue weighted by molar-refractivity contribution is -0.0723. The van der Waals surface area contributed by atoms with Gasteiger partial charge in [-0.3, -0.25) is 4.90 Å². The first kappa shape index (κ1) is 11.4. The first-order valence-electron chi connectivity index (χ1n) is 6.34. The average molecular weight is 212 g/mol. The highest BCUT2D eigenvalue weighted by atomic mass is 16.5. The molecule has 0 amide bonds. The van der Waals surface area contributed by atoms with Gasteiger partial charge in [0.15, 0.2) is 0 Å². The van der Waals surface area contributed by atoms with Crippen molar-refractivity contribution in [1.82, 2.24) is 10.2 Å². The van der Waals surface area contributed by atoms with E-state index in [1.807, 2.05) is 0 Å². The highest BCUT2D eigenvalue weighted by Gasteiger charge is 2.39. The lowest BCUT2D eigenvalue weighted by Gasteiger charge is -2.49. The average Bonchev–Trinajstić information content (AvgIpc) is 2.30. The summed E-state index contributed by atoms with van der Waals surface area (Å²) in [6.45, 7) is 10.2. The summed E-state index contributed by atoms with van der Waals surface area (Å²) in [4.78, 5) is 2.70. The summed E-state index contributed by atoms with van der Waals surface area (Å²) in [6.07, 6.45) is 4.13. The third kappa shape index (κ3) is 2.35. The highest BCUT2D eigenvalue weighted by Crippen LogP contribution is 2.34. The Balaban J connectivity index is 2.04. The molecule has 2 atom stereocenters. The normalized spacial score (nSPS) is 39.2. The topological polar surface area (TPSA) is 24.5 Å². The summed E-state index contributed by atoms with van der Waals surface area (Å²) in [5.41, 5.74) is 0.430. The van der Waals surface area contributed by atoms with Crippen LogP contribution in [0.1, 0.15) is 33.1 Å². The molecule has 2 aliphatic rings. The van der Waals surface area contributed by atoms with Crippen LogP contribution in [0.3, 0.4) is 0 Å². The molecule has 2 fully saturated rings. The molecule has 0 radical (unpaired) electrons. The van der Waals surface area contributed by atoms with Crippen LogP contribution < -0.4 is 5.32 Å². The minimum Gasteiger partial charge on any atom is -0.378 e. The van der Waals surface area contributed by atoms with Crippen LogP contribution in [0.4, 0.5) is 0 Å². The van der Waals surface area contributed by atoms with Gasteiger partial charge in [-0.2, -0.15) is 0 Å². The standard InChI is InChI=1S/C12H24N2O/c1-3-12(4-9-15-11(2)10-12)14-7-5-13-6-8-14/h11,13H,3-10H2,1-2H3. The molecule has 3 nitrogen and oxygen atoms in total. The summed E-state index contributed by atoms with van der Waals surface area (Å²) in [5.74, 6) is 0. The molecule has 1 N–H and O–H groups in total. The zero-order chi connectivity index (χ0) is 10.7. The van der Waals surface area contributed by atoms with Gasteiger partial charge in [-0.05, 0) is 26.2 Å². The summed E-state index contributed by atoms with van der Waals surface area (Å²) < 4.78 is 5.68. The zero-order valence-corrected chi connectivity index (χ0v) is 10.1. The molecule has 0 aromatic heterocycles. The number of hydrogen-bond donors (Lipinski definition) is 1. The molecule has 88 valence electrons. The van der Waals surface area contributed by atoms with E-state index < -0.39 is 0 Å². The number of nitrogens with zero attached hydrogens (tertiary/aromatic N) is 1. The number of hydrogen-bond acceptors (Lipinski definition) is 3. The molecule has 2 unspecified atom stereocenters. The summed E-state index contributed by atoms with van der Waals surface area (Å²) >= 11 is 0. The number of piperazine rings is 1. The Morgan fingerprint density at radius 1 is 1.40 bits per heavy atom. The fraction of sp³-hybridized carbons (Fsp3) is 1.00. The SMILES string of the molecule is CCC1(N2CCNCC2)CCOC(C)C1. The van der Waals surface area contributed by atoms with Crippen molar-refractivity contribution in [3.05, 3.63) is 0 Å². The molecule has 0 aromatic carbocycles. The van der Waals surface area contributed by atoms with Crippen LogP contribution in [0.15, 0.2) is 0 Å². The van der Waals surface area contributed by atoms with Gasteiger partial charge in [-0.1, -0.05) is 6.92 Å². The van der Waals surface area contributed by atoms with Crippen LogP contribution in [0.5, 0.6) is 0 Å². The van der Waals surface area contributed by atoms with Crippen molar-refractivity contribution < 1.29 is 4.74 Å². The molecule has 2 aliphatic heterocycles. The quantitative estimate of drug-likeness (QED) is 0.745. The Morgan fingerprint density at radius 2 is 2.13 bits per heavy atom. The van der Waals surface area contributed by atoms with Gasteiger partial charge in [0.1, 0.15) is 0 Å². The van der Waals surface area contributed by atoms with E-state index in [1.54, 1.807) is 0 Å². The van der Waals surface area contributed by atoms with Gasteiger partial charge in [0.05, 0.1) is 6.10 Å². The van der Waals surface area contributed by atoms with Gasteiger partial charge in [-0.15, -0.1) is 0 Å². The Bertz CT molecular complexity index is 204. The molecule has 15 heavy (non-hydrogen) atoms. The maximum atomic E-state index is 5.68. The molecule has 3 heteroatoms. The van der Waals surface area contributed by atoms with Crippen molar-refractivity contribution >= 4 is 0 Å². The van der Waals surface area contributed by atoms with E-state index in [2.05, 4.69) is 24.1 Å². The van der Waals surface area contributed by atoms with Crippen LogP contribution in [0.2, 0.25) is 0 Å². The zero-order valence-electron chi connectivity index (χ0n) is 10.1. The summed E-state index contributed by atoms with van der Waals surface area (Å²) in [5, 5.41) is 3.43. The van der Waals surface area contributed by atoms with Crippen LogP contribution >= 0.6 is 0 Å². The van der Waals surface area contributed by atoms with E-state index in [9.17, 15) is 0 Å². The molecule has 0 bridgehead atoms. The van der Waals surface area contributed by atoms with Crippen LogP contribution in [0, 0.1) is 0 Å². The van der Waals surface area contributed by atoms with E-state index in [0.29, 0.717) is 11.6 Å². The predicted octanol–water partition coefficient (Wildman–Crippen LogP) is 1.24. The van der Waals surface area contributed by atoms with Gasteiger partial charge in [0.25, 0.3) is 0 Å². The van der Waals surface area contributed by atoms with Gasteiger partial charge < -0.3 is 10.1 Å². The molecule has 0 saturated carbocycles. The summed E-state index contributed by atoms with van der Waals surface area (Å²) in [6, 6.07) is 0. The maximum Gasteiger partial charge on any atom is 0.0564 e. The Labute approximate surface area is 93.2 Å². The number of ether oxygens (including phenoxy) is 1. The minimum absolute atomic E-state index is 0.430. The fourth-order valence-electron chi connectivity index (χ4n) is 3.12. The molecule has 2 heterocycles. The van der Waals surface area contributed by atoms with Gasteiger partial charge in [0.2, 0.25) is 0 Å². The first-order chi connectivity index (χ1) is 7.27. The third-order valence-corrected chi connectivity index (χ3v) is 4.08. The van der Waals surface area contributed by atoms with Crippen molar-refractivity contribution in [2.75, 3.05) is 32.8 Å². The predicted molar refractivity (Wildman–Crippen MR) is 62.1 cm³/mol. The number of nitrogens with one attached hydrogen (secondary N) is 1. The minimum atomic E-state index is 0.430. The molecular weight excluding hydrogens is 188 g/mol. The summed E-state index contributed by atoms with van der Waals surface area (Å²) in [7, 11) is 0. The molecule has 0 spiro atoms. The third-order valence-electron chi connectivity index (χ3n) is 4.08. The van der Waals surface area contributed by atoms with Crippen molar-refractivity contribution in [3.8, 4) is 0 Å². The Morgan fingerprint density at radius 3 is 2.73 bits per heavy atom. The van der Waals surface area contributed by atoms with Crippen molar-refractivity contribution in [3.63, 3.8) is 0 Å². The Kier molecular flexibility index (Phi) is 3.65. The van der Waals surface area contributed by atoms with Gasteiger partial charge >= 0.3 is 0 Å². The lowest BCUT2D eigenvalue weighted by Crippen LogP contribution is -2.59. The van der Waals surface area contributed by atoms with E-state index >= 15 is 0 Å². The van der Waals surface area contributed by atoms with Gasteiger partial charge in [0, 0.05) is 38.3 Å². The molecular formula is C12H24N2O. The largest absolute Gasteiger partial charge is 0.378 e. The smallest absolute Gasteiger partial charge is 0.0564 e. The van der Waals surface area contributed by atoms with Crippen molar-refractivity contribution in [1.29, 1.82) is 0 Å². The van der Waals surface area contributed by atoms with E-state index in [1.165, 1.54) is 32.4 Å². The van der Waals surface area contributed by atoms with Crippen LogP contribution in [-0.2, 0) is 4.74 Å². The van der Waals surface area contributed by atoms with Crippen molar-refractivity contribution in [2.45, 2.75) is 44.8 Å². The van der Waals surface area contributed by atoms with E-state index in [4.69, 9.17) is 4.74 Å². The van der Waals surface area contributed by atoms with Crippen LogP contribution in [-0.4, -0.2) is 49.3 Å². The monoisotopic (exact) mass is 212 g/mol. The van der Waals surface area contributed by atoms with E-state index in [0.717, 1.165) is 19.7 Å². The molecule has 0 aromatic rings. The lowest BCUT2D eigenvalue weighted by atomic mass is 9.82. The van der Waals surface area contributed by atoms with E-state index in [-0.39, 0.29) is 0 Å². The fourth-order valence-corrected chi connectivity index (χ4v) is 3.12. The molecule has 2 saturated heterocycles. The second-order valence-electron chi connectivity index (χ2n) is 4.95. The second-order valence-corrected chi connectivity index (χ2v) is 4.95. The first-order valence-corrected chi connectivity index (χ1v) is 6.34. The maximum absolute atomic E-state index is 5.68. The second kappa shape index (κ2) is 4.81.